The average Bonchev–Trinajstić information content (AvgIpc) is 2.52. The molecule has 0 saturated heterocycles. The topological polar surface area (TPSA) is 102 Å². The third-order valence-electron chi connectivity index (χ3n) is 3.46. The van der Waals surface area contributed by atoms with E-state index in [1.165, 1.54) is 29.6 Å². The van der Waals surface area contributed by atoms with Gasteiger partial charge in [-0.2, -0.15) is 4.31 Å². The van der Waals surface area contributed by atoms with Crippen LogP contribution in [0.3, 0.4) is 0 Å². The van der Waals surface area contributed by atoms with Crippen LogP contribution < -0.4 is 15.8 Å². The molecule has 0 unspecified atom stereocenters. The normalized spacial score (nSPS) is 11.8. The summed E-state index contributed by atoms with van der Waals surface area (Å²) in [6.45, 7) is 8.06. The largest absolute Gasteiger partial charge is 0.496 e. The summed E-state index contributed by atoms with van der Waals surface area (Å²) in [5.74, 6) is -0.122. The Balaban J connectivity index is 0.00000576. The summed E-state index contributed by atoms with van der Waals surface area (Å²) in [5, 5.41) is 2.70. The zero-order valence-corrected chi connectivity index (χ0v) is 17.0. The summed E-state index contributed by atoms with van der Waals surface area (Å²) >= 11 is 0. The molecule has 9 heteroatoms. The van der Waals surface area contributed by atoms with Crippen LogP contribution >= 0.6 is 12.4 Å². The maximum Gasteiger partial charge on any atom is 0.255 e. The standard InChI is InChI=1S/C16H27N3O4S.ClH/c1-6-19(7-2)24(21,22)12-8-9-14(23-5)13(10-12)15(20)18-11-16(3,4)17;/h8-10H,6-7,11,17H2,1-5H3,(H,18,20);1H. The summed E-state index contributed by atoms with van der Waals surface area (Å²) in [7, 11) is -2.22. The number of benzene rings is 1. The van der Waals surface area contributed by atoms with Crippen LogP contribution in [0, 0.1) is 0 Å². The molecule has 0 radical (unpaired) electrons. The molecule has 0 aliphatic carbocycles. The summed E-state index contributed by atoms with van der Waals surface area (Å²) < 4.78 is 31.8. The molecule has 0 aliphatic rings. The van der Waals surface area contributed by atoms with Crippen molar-refractivity contribution in [2.75, 3.05) is 26.7 Å². The third-order valence-corrected chi connectivity index (χ3v) is 5.51. The van der Waals surface area contributed by atoms with Crippen molar-refractivity contribution < 1.29 is 17.9 Å². The molecule has 0 fully saturated rings. The lowest BCUT2D eigenvalue weighted by Gasteiger charge is -2.21. The van der Waals surface area contributed by atoms with Crippen LogP contribution in [0.4, 0.5) is 0 Å². The van der Waals surface area contributed by atoms with Gasteiger partial charge in [0.05, 0.1) is 17.6 Å². The van der Waals surface area contributed by atoms with Crippen LogP contribution in [0.1, 0.15) is 38.1 Å². The van der Waals surface area contributed by atoms with Crippen molar-refractivity contribution in [1.82, 2.24) is 9.62 Å². The number of rotatable bonds is 8. The first kappa shape index (κ1) is 23.6. The summed E-state index contributed by atoms with van der Waals surface area (Å²) in [5.41, 5.74) is 5.45. The van der Waals surface area contributed by atoms with Crippen LogP contribution in [0.5, 0.6) is 5.75 Å². The minimum Gasteiger partial charge on any atom is -0.496 e. The van der Waals surface area contributed by atoms with Gasteiger partial charge in [-0.25, -0.2) is 8.42 Å². The van der Waals surface area contributed by atoms with E-state index in [-0.39, 0.29) is 29.4 Å². The second-order valence-electron chi connectivity index (χ2n) is 6.12. The van der Waals surface area contributed by atoms with Crippen LogP contribution in [0.2, 0.25) is 0 Å². The number of nitrogens with zero attached hydrogens (tertiary/aromatic N) is 1. The Labute approximate surface area is 156 Å². The minimum absolute atomic E-state index is 0. The fourth-order valence-corrected chi connectivity index (χ4v) is 3.63. The lowest BCUT2D eigenvalue weighted by Crippen LogP contribution is -2.45. The van der Waals surface area contributed by atoms with Crippen LogP contribution in [0.25, 0.3) is 0 Å². The van der Waals surface area contributed by atoms with Crippen molar-refractivity contribution in [1.29, 1.82) is 0 Å². The quantitative estimate of drug-likeness (QED) is 0.698. The van der Waals surface area contributed by atoms with E-state index in [0.29, 0.717) is 18.8 Å². The minimum atomic E-state index is -3.65. The van der Waals surface area contributed by atoms with E-state index in [1.807, 2.05) is 0 Å². The molecule has 25 heavy (non-hydrogen) atoms. The molecule has 0 aromatic heterocycles. The van der Waals surface area contributed by atoms with E-state index in [0.717, 1.165) is 0 Å². The molecular formula is C16H28ClN3O4S. The van der Waals surface area contributed by atoms with Gasteiger partial charge in [-0.3, -0.25) is 4.79 Å². The Morgan fingerprint density at radius 2 is 1.84 bits per heavy atom. The highest BCUT2D eigenvalue weighted by Crippen LogP contribution is 2.24. The number of sulfonamides is 1. The molecule has 1 rings (SSSR count). The van der Waals surface area contributed by atoms with Gasteiger partial charge >= 0.3 is 0 Å². The van der Waals surface area contributed by atoms with Crippen molar-refractivity contribution >= 4 is 28.3 Å². The first-order valence-corrected chi connectivity index (χ1v) is 9.26. The predicted molar refractivity (Wildman–Crippen MR) is 101 cm³/mol. The number of hydrogen-bond acceptors (Lipinski definition) is 5. The van der Waals surface area contributed by atoms with Gasteiger partial charge in [0, 0.05) is 25.2 Å². The second-order valence-corrected chi connectivity index (χ2v) is 8.06. The van der Waals surface area contributed by atoms with Gasteiger partial charge in [0.2, 0.25) is 10.0 Å². The lowest BCUT2D eigenvalue weighted by molar-refractivity contribution is 0.0942. The number of nitrogens with two attached hydrogens (primary N) is 1. The number of amides is 1. The van der Waals surface area contributed by atoms with E-state index >= 15 is 0 Å². The molecule has 0 aliphatic heterocycles. The number of halogens is 1. The van der Waals surface area contributed by atoms with Gasteiger partial charge < -0.3 is 15.8 Å². The Hall–Kier alpha value is -1.35. The number of nitrogens with one attached hydrogen (secondary N) is 1. The SMILES string of the molecule is CCN(CC)S(=O)(=O)c1ccc(OC)c(C(=O)NCC(C)(C)N)c1.Cl. The molecule has 0 saturated carbocycles. The molecule has 1 amide bonds. The molecule has 0 spiro atoms. The summed E-state index contributed by atoms with van der Waals surface area (Å²) in [6.07, 6.45) is 0. The van der Waals surface area contributed by atoms with Gasteiger partial charge in [0.1, 0.15) is 5.75 Å². The molecule has 1 aromatic carbocycles. The number of ether oxygens (including phenoxy) is 1. The Morgan fingerprint density at radius 3 is 2.28 bits per heavy atom. The number of carbonyl (C=O) groups is 1. The molecule has 7 nitrogen and oxygen atoms in total. The molecule has 1 aromatic rings. The lowest BCUT2D eigenvalue weighted by atomic mass is 10.1. The maximum atomic E-state index is 12.6. The number of carbonyl (C=O) groups excluding carboxylic acids is 1. The number of hydrogen-bond donors (Lipinski definition) is 2. The highest BCUT2D eigenvalue weighted by molar-refractivity contribution is 7.89. The zero-order chi connectivity index (χ0) is 18.5. The third kappa shape index (κ3) is 6.14. The molecule has 0 bridgehead atoms. The Kier molecular flexibility index (Phi) is 8.87. The number of methoxy groups -OCH3 is 1. The average molecular weight is 394 g/mol. The maximum absolute atomic E-state index is 12.6. The van der Waals surface area contributed by atoms with Crippen molar-refractivity contribution in [3.63, 3.8) is 0 Å². The van der Waals surface area contributed by atoms with E-state index in [2.05, 4.69) is 5.32 Å². The Bertz CT molecular complexity index is 683. The first-order chi connectivity index (χ1) is 11.1. The second kappa shape index (κ2) is 9.38. The van der Waals surface area contributed by atoms with Crippen molar-refractivity contribution in [2.24, 2.45) is 5.73 Å². The molecule has 3 N–H and O–H groups in total. The van der Waals surface area contributed by atoms with Crippen molar-refractivity contribution in [3.05, 3.63) is 23.8 Å². The van der Waals surface area contributed by atoms with E-state index < -0.39 is 21.5 Å². The predicted octanol–water partition coefficient (Wildman–Crippen LogP) is 1.61. The highest BCUT2D eigenvalue weighted by atomic mass is 35.5. The fraction of sp³-hybridized carbons (Fsp3) is 0.562. The van der Waals surface area contributed by atoms with Gasteiger partial charge in [-0.1, -0.05) is 13.8 Å². The van der Waals surface area contributed by atoms with Gasteiger partial charge in [-0.15, -0.1) is 12.4 Å². The first-order valence-electron chi connectivity index (χ1n) is 7.82. The van der Waals surface area contributed by atoms with E-state index in [1.54, 1.807) is 27.7 Å². The summed E-state index contributed by atoms with van der Waals surface area (Å²) in [4.78, 5) is 12.5. The van der Waals surface area contributed by atoms with Gasteiger partial charge in [0.25, 0.3) is 5.91 Å². The van der Waals surface area contributed by atoms with Crippen molar-refractivity contribution in [3.8, 4) is 5.75 Å². The van der Waals surface area contributed by atoms with Crippen LogP contribution in [-0.2, 0) is 10.0 Å². The fourth-order valence-electron chi connectivity index (χ4n) is 2.14. The van der Waals surface area contributed by atoms with Crippen molar-refractivity contribution in [2.45, 2.75) is 38.1 Å². The smallest absolute Gasteiger partial charge is 0.255 e. The van der Waals surface area contributed by atoms with Crippen LogP contribution in [-0.4, -0.2) is 50.9 Å². The van der Waals surface area contributed by atoms with Gasteiger partial charge in [-0.05, 0) is 32.0 Å². The van der Waals surface area contributed by atoms with E-state index in [4.69, 9.17) is 10.5 Å². The monoisotopic (exact) mass is 393 g/mol. The van der Waals surface area contributed by atoms with E-state index in [9.17, 15) is 13.2 Å². The highest BCUT2D eigenvalue weighted by Gasteiger charge is 2.25. The van der Waals surface area contributed by atoms with Crippen LogP contribution in [0.15, 0.2) is 23.1 Å². The summed E-state index contributed by atoms with van der Waals surface area (Å²) in [6, 6.07) is 4.26. The molecule has 0 heterocycles. The zero-order valence-electron chi connectivity index (χ0n) is 15.3. The molecule has 0 atom stereocenters. The van der Waals surface area contributed by atoms with Gasteiger partial charge in [0.15, 0.2) is 0 Å². The Morgan fingerprint density at radius 1 is 1.28 bits per heavy atom. The molecule has 144 valence electrons. The molecular weight excluding hydrogens is 366 g/mol.